The van der Waals surface area contributed by atoms with Gasteiger partial charge in [0.15, 0.2) is 6.61 Å². The smallest absolute Gasteiger partial charge is 0.260 e. The molecule has 2 unspecified atom stereocenters. The van der Waals surface area contributed by atoms with Gasteiger partial charge in [-0.05, 0) is 63.8 Å². The second-order valence-electron chi connectivity index (χ2n) is 7.80. The quantitative estimate of drug-likeness (QED) is 0.675. The van der Waals surface area contributed by atoms with Crippen LogP contribution in [0, 0.1) is 0 Å². The van der Waals surface area contributed by atoms with Gasteiger partial charge in [-0.3, -0.25) is 14.9 Å². The number of hydrogen-bond donors (Lipinski definition) is 1. The molecule has 1 aromatic carbocycles. The van der Waals surface area contributed by atoms with Crippen LogP contribution in [-0.2, 0) is 11.2 Å². The number of amides is 2. The van der Waals surface area contributed by atoms with Crippen LogP contribution in [0.4, 0.5) is 5.13 Å². The van der Waals surface area contributed by atoms with E-state index in [4.69, 9.17) is 4.74 Å². The number of nitrogens with one attached hydrogen (secondary N) is 1. The third-order valence-corrected chi connectivity index (χ3v) is 6.29. The van der Waals surface area contributed by atoms with Gasteiger partial charge in [-0.1, -0.05) is 24.7 Å². The van der Waals surface area contributed by atoms with Crippen molar-refractivity contribution in [3.05, 3.63) is 34.8 Å². The van der Waals surface area contributed by atoms with E-state index >= 15 is 0 Å². The van der Waals surface area contributed by atoms with E-state index in [1.807, 2.05) is 4.90 Å². The Morgan fingerprint density at radius 2 is 1.87 bits per heavy atom. The topological polar surface area (TPSA) is 84.4 Å². The molecule has 0 spiro atoms. The molecule has 1 aromatic heterocycles. The number of aryl methyl sites for hydroxylation is 1. The van der Waals surface area contributed by atoms with Gasteiger partial charge in [0.2, 0.25) is 5.13 Å². The Balaban J connectivity index is 1.51. The van der Waals surface area contributed by atoms with Crippen molar-refractivity contribution in [2.75, 3.05) is 11.9 Å². The van der Waals surface area contributed by atoms with Crippen molar-refractivity contribution in [1.82, 2.24) is 15.1 Å². The first kappa shape index (κ1) is 22.2. The van der Waals surface area contributed by atoms with Crippen LogP contribution < -0.4 is 10.1 Å². The van der Waals surface area contributed by atoms with Crippen LogP contribution in [0.2, 0.25) is 0 Å². The molecule has 1 aliphatic rings. The molecule has 1 fully saturated rings. The monoisotopic (exact) mass is 430 g/mol. The number of rotatable bonds is 8. The van der Waals surface area contributed by atoms with Gasteiger partial charge in [0.05, 0.1) is 0 Å². The maximum atomic E-state index is 12.6. The number of hydrogen-bond acceptors (Lipinski definition) is 6. The van der Waals surface area contributed by atoms with Gasteiger partial charge in [0.25, 0.3) is 11.8 Å². The molecule has 8 heteroatoms. The third-order valence-electron chi connectivity index (χ3n) is 5.39. The summed E-state index contributed by atoms with van der Waals surface area (Å²) in [4.78, 5) is 26.9. The van der Waals surface area contributed by atoms with E-state index in [0.717, 1.165) is 43.5 Å². The Kier molecular flexibility index (Phi) is 7.79. The first-order chi connectivity index (χ1) is 14.5. The number of nitrogens with zero attached hydrogens (tertiary/aromatic N) is 3. The van der Waals surface area contributed by atoms with Crippen molar-refractivity contribution >= 4 is 28.3 Å². The average molecular weight is 431 g/mol. The molecule has 0 bridgehead atoms. The highest BCUT2D eigenvalue weighted by molar-refractivity contribution is 7.15. The van der Waals surface area contributed by atoms with Gasteiger partial charge in [-0.2, -0.15) is 0 Å². The van der Waals surface area contributed by atoms with Gasteiger partial charge in [0, 0.05) is 24.1 Å². The van der Waals surface area contributed by atoms with E-state index in [9.17, 15) is 9.59 Å². The molecular weight excluding hydrogens is 400 g/mol. The summed E-state index contributed by atoms with van der Waals surface area (Å²) in [6.07, 6.45) is 6.26. The first-order valence-corrected chi connectivity index (χ1v) is 11.5. The summed E-state index contributed by atoms with van der Waals surface area (Å²) in [6.45, 7) is 6.31. The molecule has 30 heavy (non-hydrogen) atoms. The van der Waals surface area contributed by atoms with Crippen molar-refractivity contribution in [2.24, 2.45) is 0 Å². The lowest BCUT2D eigenvalue weighted by Crippen LogP contribution is -2.49. The first-order valence-electron chi connectivity index (χ1n) is 10.7. The molecule has 0 radical (unpaired) electrons. The minimum Gasteiger partial charge on any atom is -0.484 e. The van der Waals surface area contributed by atoms with Crippen LogP contribution in [0.1, 0.15) is 68.2 Å². The van der Waals surface area contributed by atoms with Crippen molar-refractivity contribution in [3.8, 4) is 5.75 Å². The Morgan fingerprint density at radius 3 is 2.53 bits per heavy atom. The molecule has 2 aromatic rings. The molecule has 2 amide bonds. The van der Waals surface area contributed by atoms with Crippen LogP contribution in [0.3, 0.4) is 0 Å². The summed E-state index contributed by atoms with van der Waals surface area (Å²) in [6, 6.07) is 7.27. The number of aromatic nitrogens is 2. The molecule has 1 N–H and O–H groups in total. The Morgan fingerprint density at radius 1 is 1.17 bits per heavy atom. The predicted molar refractivity (Wildman–Crippen MR) is 118 cm³/mol. The van der Waals surface area contributed by atoms with Crippen LogP contribution in [0.5, 0.6) is 5.75 Å². The molecule has 2 heterocycles. The summed E-state index contributed by atoms with van der Waals surface area (Å²) >= 11 is 1.40. The molecule has 1 saturated heterocycles. The maximum Gasteiger partial charge on any atom is 0.260 e. The number of likely N-dealkylation sites (tertiary alicyclic amines) is 1. The number of ether oxygens (including phenoxy) is 1. The van der Waals surface area contributed by atoms with Crippen molar-refractivity contribution in [3.63, 3.8) is 0 Å². The van der Waals surface area contributed by atoms with Gasteiger partial charge < -0.3 is 9.64 Å². The zero-order valence-corrected chi connectivity index (χ0v) is 18.7. The fraction of sp³-hybridized carbons (Fsp3) is 0.545. The van der Waals surface area contributed by atoms with E-state index in [2.05, 4.69) is 36.3 Å². The molecule has 1 aliphatic heterocycles. The Hall–Kier alpha value is -2.48. The molecular formula is C22H30N4O3S. The Bertz CT molecular complexity index is 842. The lowest BCUT2D eigenvalue weighted by Gasteiger charge is -2.38. The SMILES string of the molecule is CCCCc1nnc(NC(=O)c2ccc(OCC(=O)N3C(C)CCCC3C)cc2)s1. The number of piperidine rings is 1. The van der Waals surface area contributed by atoms with Crippen molar-refractivity contribution in [1.29, 1.82) is 0 Å². The lowest BCUT2D eigenvalue weighted by atomic mass is 9.97. The third kappa shape index (κ3) is 5.78. The van der Waals surface area contributed by atoms with Crippen molar-refractivity contribution in [2.45, 2.75) is 71.4 Å². The fourth-order valence-corrected chi connectivity index (χ4v) is 4.51. The molecule has 162 valence electrons. The van der Waals surface area contributed by atoms with Crippen LogP contribution in [0.15, 0.2) is 24.3 Å². The summed E-state index contributed by atoms with van der Waals surface area (Å²) in [5.74, 6) is 0.327. The molecule has 2 atom stereocenters. The molecule has 0 saturated carbocycles. The van der Waals surface area contributed by atoms with Gasteiger partial charge in [-0.15, -0.1) is 10.2 Å². The summed E-state index contributed by atoms with van der Waals surface area (Å²) in [7, 11) is 0. The van der Waals surface area contributed by atoms with Gasteiger partial charge in [0.1, 0.15) is 10.8 Å². The van der Waals surface area contributed by atoms with Crippen LogP contribution in [-0.4, -0.2) is 45.6 Å². The molecule has 0 aliphatic carbocycles. The van der Waals surface area contributed by atoms with E-state index in [0.29, 0.717) is 16.4 Å². The van der Waals surface area contributed by atoms with E-state index in [1.165, 1.54) is 11.3 Å². The highest BCUT2D eigenvalue weighted by Gasteiger charge is 2.28. The highest BCUT2D eigenvalue weighted by Crippen LogP contribution is 2.23. The predicted octanol–water partition coefficient (Wildman–Crippen LogP) is 4.30. The van der Waals surface area contributed by atoms with Crippen molar-refractivity contribution < 1.29 is 14.3 Å². The summed E-state index contributed by atoms with van der Waals surface area (Å²) in [5.41, 5.74) is 0.497. The van der Waals surface area contributed by atoms with E-state index in [-0.39, 0.29) is 30.5 Å². The van der Waals surface area contributed by atoms with E-state index in [1.54, 1.807) is 24.3 Å². The zero-order chi connectivity index (χ0) is 21.5. The number of carbonyl (C=O) groups is 2. The van der Waals surface area contributed by atoms with Gasteiger partial charge >= 0.3 is 0 Å². The average Bonchev–Trinajstić information content (AvgIpc) is 3.18. The lowest BCUT2D eigenvalue weighted by molar-refractivity contribution is -0.139. The highest BCUT2D eigenvalue weighted by atomic mass is 32.1. The number of anilines is 1. The normalized spacial score (nSPS) is 18.8. The summed E-state index contributed by atoms with van der Waals surface area (Å²) < 4.78 is 5.67. The van der Waals surface area contributed by atoms with Gasteiger partial charge in [-0.25, -0.2) is 0 Å². The zero-order valence-electron chi connectivity index (χ0n) is 17.9. The number of benzene rings is 1. The Labute approximate surface area is 181 Å². The van der Waals surface area contributed by atoms with E-state index < -0.39 is 0 Å². The maximum absolute atomic E-state index is 12.6. The summed E-state index contributed by atoms with van der Waals surface area (Å²) in [5, 5.41) is 12.3. The fourth-order valence-electron chi connectivity index (χ4n) is 3.74. The standard InChI is InChI=1S/C22H30N4O3S/c1-4-5-9-19-24-25-22(30-19)23-21(28)17-10-12-18(13-11-17)29-14-20(27)26-15(2)7-6-8-16(26)3/h10-13,15-16H,4-9,14H2,1-3H3,(H,23,25,28). The number of carbonyl (C=O) groups excluding carboxylic acids is 2. The minimum absolute atomic E-state index is 0.00550. The molecule has 3 rings (SSSR count). The largest absolute Gasteiger partial charge is 0.484 e. The second kappa shape index (κ2) is 10.5. The number of unbranched alkanes of at least 4 members (excludes halogenated alkanes) is 1. The van der Waals surface area contributed by atoms with Crippen LogP contribution >= 0.6 is 11.3 Å². The van der Waals surface area contributed by atoms with Crippen LogP contribution in [0.25, 0.3) is 0 Å². The molecule has 7 nitrogen and oxygen atoms in total. The second-order valence-corrected chi connectivity index (χ2v) is 8.86. The minimum atomic E-state index is -0.244.